The Balaban J connectivity index is 1.41. The van der Waals surface area contributed by atoms with Crippen molar-refractivity contribution < 1.29 is 14.7 Å². The van der Waals surface area contributed by atoms with E-state index in [1.165, 1.54) is 0 Å². The number of Topliss-reactive ketones (excluding diaryl/α,β-unsaturated/α-hetero) is 1. The molecular weight excluding hydrogens is 488 g/mol. The van der Waals surface area contributed by atoms with Crippen LogP contribution in [0, 0.1) is 5.92 Å². The number of piperidine rings is 1. The molecule has 33 heavy (non-hydrogen) atoms. The molecule has 5 rings (SSSR count). The maximum absolute atomic E-state index is 12.9. The van der Waals surface area contributed by atoms with Crippen molar-refractivity contribution in [1.82, 2.24) is 20.3 Å². The van der Waals surface area contributed by atoms with Crippen LogP contribution < -0.4 is 15.5 Å². The Morgan fingerprint density at radius 1 is 1.09 bits per heavy atom. The van der Waals surface area contributed by atoms with Gasteiger partial charge in [-0.15, -0.1) is 0 Å². The van der Waals surface area contributed by atoms with Gasteiger partial charge in [-0.05, 0) is 43.9 Å². The van der Waals surface area contributed by atoms with Crippen molar-refractivity contribution in [2.24, 2.45) is 5.92 Å². The Labute approximate surface area is 198 Å². The monoisotopic (exact) mass is 510 g/mol. The molecule has 10 heteroatoms. The van der Waals surface area contributed by atoms with Crippen LogP contribution in [0.4, 0.5) is 22.1 Å². The number of halogens is 1. The van der Waals surface area contributed by atoms with Crippen molar-refractivity contribution in [2.75, 3.05) is 23.3 Å². The van der Waals surface area contributed by atoms with Gasteiger partial charge in [-0.2, -0.15) is 0 Å². The highest BCUT2D eigenvalue weighted by atomic mass is 79.9. The lowest BCUT2D eigenvalue weighted by atomic mass is 10.0. The van der Waals surface area contributed by atoms with Crippen LogP contribution in [0.3, 0.4) is 0 Å². The molecule has 1 amide bonds. The van der Waals surface area contributed by atoms with Crippen molar-refractivity contribution in [3.8, 4) is 0 Å². The summed E-state index contributed by atoms with van der Waals surface area (Å²) in [5.41, 5.74) is 2.73. The summed E-state index contributed by atoms with van der Waals surface area (Å²) in [5, 5.41) is 15.7. The average molecular weight is 511 g/mol. The van der Waals surface area contributed by atoms with Crippen molar-refractivity contribution in [2.45, 2.75) is 31.7 Å². The van der Waals surface area contributed by atoms with E-state index < -0.39 is 6.09 Å². The van der Waals surface area contributed by atoms with Gasteiger partial charge in [0.1, 0.15) is 0 Å². The second kappa shape index (κ2) is 8.93. The third-order valence-electron chi connectivity index (χ3n) is 5.98. The zero-order chi connectivity index (χ0) is 22.9. The van der Waals surface area contributed by atoms with Crippen molar-refractivity contribution in [3.05, 3.63) is 46.8 Å². The number of hydrogen-bond donors (Lipinski definition) is 3. The molecule has 3 N–H and O–H groups in total. The zero-order valence-electron chi connectivity index (χ0n) is 17.8. The van der Waals surface area contributed by atoms with Crippen molar-refractivity contribution in [1.29, 1.82) is 0 Å². The third-order valence-corrected chi connectivity index (χ3v) is 6.48. The number of amides is 1. The molecule has 170 valence electrons. The SMILES string of the molecule is O=C(O)NC1CCCN(c2ncc(Nc3c(C(=O)C4CC4)cnc4ccc(Br)cc34)cn2)C1. The standard InChI is InChI=1S/C23H23BrN6O3/c24-14-5-6-19-17(8-14)20(18(11-25-19)21(31)13-3-4-13)28-16-9-26-22(27-10-16)30-7-1-2-15(12-30)29-23(32)33/h5-6,8-11,13,15,29H,1-4,7,12H2,(H,25,28)(H,32,33). The fourth-order valence-electron chi connectivity index (χ4n) is 4.20. The quantitative estimate of drug-likeness (QED) is 0.418. The average Bonchev–Trinajstić information content (AvgIpc) is 3.65. The van der Waals surface area contributed by atoms with Gasteiger partial charge >= 0.3 is 6.09 Å². The molecule has 0 bridgehead atoms. The minimum absolute atomic E-state index is 0.0713. The Morgan fingerprint density at radius 3 is 2.61 bits per heavy atom. The van der Waals surface area contributed by atoms with Gasteiger partial charge in [0.25, 0.3) is 0 Å². The summed E-state index contributed by atoms with van der Waals surface area (Å²) in [6, 6.07) is 5.64. The second-order valence-corrected chi connectivity index (χ2v) is 9.39. The van der Waals surface area contributed by atoms with Gasteiger partial charge in [-0.3, -0.25) is 9.78 Å². The highest BCUT2D eigenvalue weighted by molar-refractivity contribution is 9.10. The van der Waals surface area contributed by atoms with E-state index >= 15 is 0 Å². The van der Waals surface area contributed by atoms with Gasteiger partial charge in [-0.25, -0.2) is 14.8 Å². The normalized spacial score (nSPS) is 18.2. The number of rotatable bonds is 6. The number of nitrogens with zero attached hydrogens (tertiary/aromatic N) is 4. The largest absolute Gasteiger partial charge is 0.465 e. The van der Waals surface area contributed by atoms with Crippen LogP contribution in [-0.4, -0.2) is 51.1 Å². The summed E-state index contributed by atoms with van der Waals surface area (Å²) in [4.78, 5) is 39.4. The first-order chi connectivity index (χ1) is 16.0. The van der Waals surface area contributed by atoms with E-state index in [9.17, 15) is 9.59 Å². The van der Waals surface area contributed by atoms with Gasteiger partial charge in [-0.1, -0.05) is 15.9 Å². The molecule has 9 nitrogen and oxygen atoms in total. The smallest absolute Gasteiger partial charge is 0.404 e. The minimum atomic E-state index is -1.02. The molecule has 2 aromatic heterocycles. The number of carboxylic acid groups (broad SMARTS) is 1. The van der Waals surface area contributed by atoms with Crippen LogP contribution in [0.5, 0.6) is 0 Å². The summed E-state index contributed by atoms with van der Waals surface area (Å²) in [5.74, 6) is 0.728. The van der Waals surface area contributed by atoms with Crippen LogP contribution in [0.1, 0.15) is 36.0 Å². The highest BCUT2D eigenvalue weighted by Gasteiger charge is 2.32. The van der Waals surface area contributed by atoms with Crippen LogP contribution in [0.2, 0.25) is 0 Å². The highest BCUT2D eigenvalue weighted by Crippen LogP contribution is 2.38. The number of carbonyl (C=O) groups excluding carboxylic acids is 1. The molecule has 1 atom stereocenters. The molecule has 1 unspecified atom stereocenters. The molecule has 0 radical (unpaired) electrons. The number of anilines is 3. The minimum Gasteiger partial charge on any atom is -0.465 e. The maximum Gasteiger partial charge on any atom is 0.404 e. The molecule has 0 spiro atoms. The van der Waals surface area contributed by atoms with Gasteiger partial charge < -0.3 is 20.6 Å². The van der Waals surface area contributed by atoms with Crippen LogP contribution in [-0.2, 0) is 0 Å². The van der Waals surface area contributed by atoms with Gasteiger partial charge in [0.2, 0.25) is 5.95 Å². The molecular formula is C23H23BrN6O3. The number of ketones is 1. The first kappa shape index (κ1) is 21.6. The second-order valence-electron chi connectivity index (χ2n) is 8.48. The summed E-state index contributed by atoms with van der Waals surface area (Å²) >= 11 is 3.52. The fraction of sp³-hybridized carbons (Fsp3) is 0.348. The van der Waals surface area contributed by atoms with Crippen molar-refractivity contribution in [3.63, 3.8) is 0 Å². The lowest BCUT2D eigenvalue weighted by Gasteiger charge is -2.32. The molecule has 1 saturated carbocycles. The molecule has 1 aliphatic heterocycles. The van der Waals surface area contributed by atoms with E-state index in [0.717, 1.165) is 47.6 Å². The lowest BCUT2D eigenvalue weighted by molar-refractivity contribution is 0.0968. The van der Waals surface area contributed by atoms with Gasteiger partial charge in [0.15, 0.2) is 5.78 Å². The number of aromatic nitrogens is 3. The number of nitrogens with one attached hydrogen (secondary N) is 2. The summed E-state index contributed by atoms with van der Waals surface area (Å²) < 4.78 is 0.900. The maximum atomic E-state index is 12.9. The van der Waals surface area contributed by atoms with Crippen molar-refractivity contribution >= 4 is 56.0 Å². The Morgan fingerprint density at radius 2 is 1.88 bits per heavy atom. The van der Waals surface area contributed by atoms with E-state index in [2.05, 4.69) is 41.5 Å². The summed E-state index contributed by atoms with van der Waals surface area (Å²) in [7, 11) is 0. The number of pyridine rings is 1. The first-order valence-corrected chi connectivity index (χ1v) is 11.7. The molecule has 2 fully saturated rings. The van der Waals surface area contributed by atoms with E-state index in [1.54, 1.807) is 18.6 Å². The topological polar surface area (TPSA) is 120 Å². The Bertz CT molecular complexity index is 1210. The molecule has 2 aliphatic rings. The van der Waals surface area contributed by atoms with E-state index in [1.807, 2.05) is 23.1 Å². The lowest BCUT2D eigenvalue weighted by Crippen LogP contribution is -2.47. The third kappa shape index (κ3) is 4.75. The predicted octanol–water partition coefficient (Wildman–Crippen LogP) is 4.36. The number of fused-ring (bicyclic) bond motifs is 1. The zero-order valence-corrected chi connectivity index (χ0v) is 19.4. The van der Waals surface area contributed by atoms with Gasteiger partial charge in [0.05, 0.1) is 34.8 Å². The predicted molar refractivity (Wildman–Crippen MR) is 128 cm³/mol. The molecule has 1 aromatic carbocycles. The number of benzene rings is 1. The molecule has 1 saturated heterocycles. The fourth-order valence-corrected chi connectivity index (χ4v) is 4.56. The Kier molecular flexibility index (Phi) is 5.84. The number of hydrogen-bond acceptors (Lipinski definition) is 7. The van der Waals surface area contributed by atoms with Crippen LogP contribution in [0.25, 0.3) is 10.9 Å². The van der Waals surface area contributed by atoms with E-state index in [0.29, 0.717) is 29.4 Å². The molecule has 1 aliphatic carbocycles. The van der Waals surface area contributed by atoms with Crippen LogP contribution in [0.15, 0.2) is 41.3 Å². The van der Waals surface area contributed by atoms with Crippen LogP contribution >= 0.6 is 15.9 Å². The van der Waals surface area contributed by atoms with E-state index in [-0.39, 0.29) is 17.7 Å². The van der Waals surface area contributed by atoms with Gasteiger partial charge in [0, 0.05) is 41.1 Å². The van der Waals surface area contributed by atoms with E-state index in [4.69, 9.17) is 5.11 Å². The molecule has 3 heterocycles. The summed E-state index contributed by atoms with van der Waals surface area (Å²) in [6.45, 7) is 1.30. The first-order valence-electron chi connectivity index (χ1n) is 10.9. The Hall–Kier alpha value is -3.27. The number of carbonyl (C=O) groups is 2. The summed E-state index contributed by atoms with van der Waals surface area (Å²) in [6.07, 6.45) is 7.50. The molecule has 3 aromatic rings.